The molecule has 0 saturated carbocycles. The molecule has 2 aromatic rings. The molecule has 2 aliphatic rings. The monoisotopic (exact) mass is 369 g/mol. The number of likely N-dealkylation sites (tertiary alicyclic amines) is 2. The Morgan fingerprint density at radius 2 is 1.92 bits per heavy atom. The summed E-state index contributed by atoms with van der Waals surface area (Å²) in [7, 11) is 2.12. The molecule has 3 heterocycles. The van der Waals surface area contributed by atoms with E-state index >= 15 is 0 Å². The van der Waals surface area contributed by atoms with Crippen LogP contribution < -0.4 is 5.32 Å². The zero-order valence-electron chi connectivity index (χ0n) is 14.9. The molecule has 2 aliphatic heterocycles. The summed E-state index contributed by atoms with van der Waals surface area (Å²) in [6, 6.07) is 13.1. The maximum atomic E-state index is 12.5. The lowest BCUT2D eigenvalue weighted by atomic mass is 9.71. The van der Waals surface area contributed by atoms with E-state index < -0.39 is 0 Å². The first-order valence-electron chi connectivity index (χ1n) is 8.92. The van der Waals surface area contributed by atoms with Gasteiger partial charge in [0.05, 0.1) is 4.88 Å². The molecule has 5 nitrogen and oxygen atoms in total. The maximum Gasteiger partial charge on any atom is 0.263 e. The summed E-state index contributed by atoms with van der Waals surface area (Å²) in [6.45, 7) is 4.14. The molecule has 1 atom stereocenters. The molecule has 1 aromatic carbocycles. The summed E-state index contributed by atoms with van der Waals surface area (Å²) in [6.07, 6.45) is 0. The second kappa shape index (κ2) is 6.85. The van der Waals surface area contributed by atoms with E-state index in [0.29, 0.717) is 18.0 Å². The highest BCUT2D eigenvalue weighted by Gasteiger charge is 2.54. The molecule has 1 spiro atoms. The molecule has 1 unspecified atom stereocenters. The van der Waals surface area contributed by atoms with E-state index in [4.69, 9.17) is 0 Å². The summed E-state index contributed by atoms with van der Waals surface area (Å²) < 4.78 is 0. The number of carbonyl (C=O) groups is 2. The van der Waals surface area contributed by atoms with E-state index in [-0.39, 0.29) is 17.2 Å². The van der Waals surface area contributed by atoms with Crippen LogP contribution >= 0.6 is 11.3 Å². The lowest BCUT2D eigenvalue weighted by molar-refractivity contribution is -0.00923. The van der Waals surface area contributed by atoms with Crippen LogP contribution in [0.2, 0.25) is 0 Å². The fourth-order valence-corrected chi connectivity index (χ4v) is 4.95. The first kappa shape index (κ1) is 17.2. The minimum atomic E-state index is -0.0267. The number of hydrogen-bond acceptors (Lipinski definition) is 4. The molecule has 136 valence electrons. The molecule has 26 heavy (non-hydrogen) atoms. The number of hydrogen-bond donors (Lipinski definition) is 1. The number of benzene rings is 1. The molecule has 0 radical (unpaired) electrons. The van der Waals surface area contributed by atoms with E-state index in [2.05, 4.69) is 17.3 Å². The molecular weight excluding hydrogens is 346 g/mol. The number of thiophene rings is 1. The van der Waals surface area contributed by atoms with Gasteiger partial charge < -0.3 is 15.1 Å². The van der Waals surface area contributed by atoms with Crippen LogP contribution in [-0.2, 0) is 0 Å². The third-order valence-electron chi connectivity index (χ3n) is 5.56. The summed E-state index contributed by atoms with van der Waals surface area (Å²) in [5.74, 6) is 0.473. The second-order valence-corrected chi connectivity index (χ2v) is 8.42. The van der Waals surface area contributed by atoms with Gasteiger partial charge in [0, 0.05) is 43.7 Å². The van der Waals surface area contributed by atoms with Crippen molar-refractivity contribution in [2.45, 2.75) is 0 Å². The molecule has 0 aliphatic carbocycles. The fraction of sp³-hybridized carbons (Fsp3) is 0.400. The molecule has 2 saturated heterocycles. The molecule has 2 amide bonds. The number of nitrogens with zero attached hydrogens (tertiary/aromatic N) is 2. The van der Waals surface area contributed by atoms with E-state index in [1.165, 1.54) is 11.3 Å². The van der Waals surface area contributed by atoms with Crippen LogP contribution in [0.15, 0.2) is 47.8 Å². The average molecular weight is 369 g/mol. The molecule has 0 bridgehead atoms. The van der Waals surface area contributed by atoms with Crippen molar-refractivity contribution in [1.82, 2.24) is 15.1 Å². The van der Waals surface area contributed by atoms with Crippen LogP contribution in [0.3, 0.4) is 0 Å². The Morgan fingerprint density at radius 1 is 1.15 bits per heavy atom. The van der Waals surface area contributed by atoms with E-state index in [9.17, 15) is 9.59 Å². The summed E-state index contributed by atoms with van der Waals surface area (Å²) in [5, 5.41) is 5.03. The minimum absolute atomic E-state index is 0.0267. The van der Waals surface area contributed by atoms with Crippen molar-refractivity contribution in [2.75, 3.05) is 39.8 Å². The number of carbonyl (C=O) groups excluding carboxylic acids is 2. The van der Waals surface area contributed by atoms with Gasteiger partial charge in [-0.05, 0) is 36.5 Å². The van der Waals surface area contributed by atoms with Crippen molar-refractivity contribution < 1.29 is 9.59 Å². The van der Waals surface area contributed by atoms with Crippen molar-refractivity contribution in [3.63, 3.8) is 0 Å². The molecular formula is C20H23N3O2S. The summed E-state index contributed by atoms with van der Waals surface area (Å²) in [4.78, 5) is 29.9. The van der Waals surface area contributed by atoms with Crippen LogP contribution in [0.5, 0.6) is 0 Å². The molecule has 2 fully saturated rings. The van der Waals surface area contributed by atoms with Gasteiger partial charge in [0.1, 0.15) is 0 Å². The fourth-order valence-electron chi connectivity index (χ4n) is 4.26. The largest absolute Gasteiger partial charge is 0.352 e. The lowest BCUT2D eigenvalue weighted by Crippen LogP contribution is -2.63. The van der Waals surface area contributed by atoms with Crippen molar-refractivity contribution in [3.8, 4) is 0 Å². The van der Waals surface area contributed by atoms with Gasteiger partial charge in [-0.25, -0.2) is 0 Å². The van der Waals surface area contributed by atoms with E-state index in [1.807, 2.05) is 52.7 Å². The summed E-state index contributed by atoms with van der Waals surface area (Å²) in [5.41, 5.74) is 0.794. The number of rotatable bonds is 4. The third-order valence-corrected chi connectivity index (χ3v) is 6.42. The Morgan fingerprint density at radius 3 is 2.62 bits per heavy atom. The lowest BCUT2D eigenvalue weighted by Gasteiger charge is -2.51. The maximum absolute atomic E-state index is 12.5. The van der Waals surface area contributed by atoms with Gasteiger partial charge in [-0.1, -0.05) is 24.3 Å². The van der Waals surface area contributed by atoms with Crippen LogP contribution in [0.1, 0.15) is 20.0 Å². The zero-order valence-corrected chi connectivity index (χ0v) is 15.7. The van der Waals surface area contributed by atoms with Gasteiger partial charge in [0.2, 0.25) is 0 Å². The normalized spacial score (nSPS) is 21.6. The Bertz CT molecular complexity index is 785. The first-order chi connectivity index (χ1) is 12.6. The third kappa shape index (κ3) is 3.15. The predicted octanol–water partition coefficient (Wildman–Crippen LogP) is 2.18. The predicted molar refractivity (Wildman–Crippen MR) is 102 cm³/mol. The summed E-state index contributed by atoms with van der Waals surface area (Å²) >= 11 is 1.49. The first-order valence-corrected chi connectivity index (χ1v) is 9.80. The highest BCUT2D eigenvalue weighted by Crippen LogP contribution is 2.43. The average Bonchev–Trinajstić information content (AvgIpc) is 3.26. The number of nitrogens with one attached hydrogen (secondary N) is 1. The highest BCUT2D eigenvalue weighted by atomic mass is 32.1. The van der Waals surface area contributed by atoms with Gasteiger partial charge in [0.15, 0.2) is 0 Å². The Labute approximate surface area is 157 Å². The van der Waals surface area contributed by atoms with Crippen LogP contribution in [0.25, 0.3) is 0 Å². The van der Waals surface area contributed by atoms with Crippen LogP contribution in [-0.4, -0.2) is 61.4 Å². The number of amides is 2. The van der Waals surface area contributed by atoms with Crippen molar-refractivity contribution in [3.05, 3.63) is 58.3 Å². The molecule has 6 heteroatoms. The molecule has 1 aromatic heterocycles. The van der Waals surface area contributed by atoms with Gasteiger partial charge in [-0.2, -0.15) is 0 Å². The Kier molecular flexibility index (Phi) is 4.54. The zero-order chi connectivity index (χ0) is 18.1. The van der Waals surface area contributed by atoms with Crippen LogP contribution in [0.4, 0.5) is 0 Å². The molecule has 4 rings (SSSR count). The molecule has 1 N–H and O–H groups in total. The Balaban J connectivity index is 1.37. The topological polar surface area (TPSA) is 52.7 Å². The van der Waals surface area contributed by atoms with Gasteiger partial charge in [0.25, 0.3) is 11.8 Å². The van der Waals surface area contributed by atoms with E-state index in [1.54, 1.807) is 0 Å². The van der Waals surface area contributed by atoms with E-state index in [0.717, 1.165) is 31.1 Å². The Hall–Kier alpha value is -2.18. The standard InChI is InChI=1S/C20H23N3O2S/c1-22-11-16(10-21-18(24)15-6-3-2-4-7-15)20(12-22)13-23(14-20)19(25)17-8-5-9-26-17/h2-9,16H,10-14H2,1H3,(H,21,24). The minimum Gasteiger partial charge on any atom is -0.352 e. The van der Waals surface area contributed by atoms with Crippen molar-refractivity contribution in [1.29, 1.82) is 0 Å². The SMILES string of the molecule is CN1CC(CNC(=O)c2ccccc2)C2(C1)CN(C(=O)c1cccs1)C2. The smallest absolute Gasteiger partial charge is 0.263 e. The van der Waals surface area contributed by atoms with Gasteiger partial charge in [-0.15, -0.1) is 11.3 Å². The second-order valence-electron chi connectivity index (χ2n) is 7.47. The van der Waals surface area contributed by atoms with Crippen LogP contribution in [0, 0.1) is 11.3 Å². The quantitative estimate of drug-likeness (QED) is 0.899. The van der Waals surface area contributed by atoms with Crippen molar-refractivity contribution in [2.24, 2.45) is 11.3 Å². The highest BCUT2D eigenvalue weighted by molar-refractivity contribution is 7.12. The van der Waals surface area contributed by atoms with Crippen molar-refractivity contribution >= 4 is 23.2 Å². The van der Waals surface area contributed by atoms with Gasteiger partial charge in [-0.3, -0.25) is 9.59 Å². The van der Waals surface area contributed by atoms with Gasteiger partial charge >= 0.3 is 0 Å².